The van der Waals surface area contributed by atoms with Gasteiger partial charge in [0.2, 0.25) is 0 Å². The maximum Gasteiger partial charge on any atom is 0.191 e. The van der Waals surface area contributed by atoms with Gasteiger partial charge in [-0.1, -0.05) is 48.0 Å². The van der Waals surface area contributed by atoms with Crippen LogP contribution in [0.15, 0.2) is 53.5 Å². The molecule has 0 aliphatic heterocycles. The Morgan fingerprint density at radius 1 is 1.04 bits per heavy atom. The highest BCUT2D eigenvalue weighted by molar-refractivity contribution is 14.0. The lowest BCUT2D eigenvalue weighted by Crippen LogP contribution is -2.37. The number of methoxy groups -OCH3 is 1. The number of guanidine groups is 1. The minimum Gasteiger partial charge on any atom is -0.496 e. The van der Waals surface area contributed by atoms with Crippen molar-refractivity contribution in [3.63, 3.8) is 0 Å². The molecule has 0 saturated heterocycles. The fourth-order valence-corrected chi connectivity index (χ4v) is 2.34. The van der Waals surface area contributed by atoms with Gasteiger partial charge in [0, 0.05) is 20.1 Å². The molecule has 0 unspecified atom stereocenters. The van der Waals surface area contributed by atoms with Gasteiger partial charge >= 0.3 is 0 Å². The zero-order valence-electron chi connectivity index (χ0n) is 14.5. The Morgan fingerprint density at radius 2 is 1.75 bits per heavy atom. The number of aliphatic imine (C=N–C) groups is 1. The van der Waals surface area contributed by atoms with Gasteiger partial charge in [-0.05, 0) is 30.5 Å². The van der Waals surface area contributed by atoms with Crippen molar-refractivity contribution in [2.24, 2.45) is 4.99 Å². The fourth-order valence-electron chi connectivity index (χ4n) is 2.34. The number of hydrogen-bond acceptors (Lipinski definition) is 2. The van der Waals surface area contributed by atoms with Gasteiger partial charge in [0.1, 0.15) is 5.75 Å². The summed E-state index contributed by atoms with van der Waals surface area (Å²) < 4.78 is 5.37. The SMILES string of the molecule is CN=C(NCCc1ccccc1OC)NCc1ccc(C)cc1.I. The highest BCUT2D eigenvalue weighted by Gasteiger charge is 2.02. The first-order valence-electron chi connectivity index (χ1n) is 7.85. The monoisotopic (exact) mass is 439 g/mol. The summed E-state index contributed by atoms with van der Waals surface area (Å²) in [4.78, 5) is 4.26. The van der Waals surface area contributed by atoms with Gasteiger partial charge in [0.15, 0.2) is 5.96 Å². The molecule has 0 spiro atoms. The summed E-state index contributed by atoms with van der Waals surface area (Å²) in [5, 5.41) is 6.66. The second-order valence-corrected chi connectivity index (χ2v) is 5.40. The van der Waals surface area contributed by atoms with Gasteiger partial charge in [0.05, 0.1) is 7.11 Å². The van der Waals surface area contributed by atoms with Gasteiger partial charge in [-0.3, -0.25) is 4.99 Å². The highest BCUT2D eigenvalue weighted by Crippen LogP contribution is 2.17. The molecule has 0 saturated carbocycles. The quantitative estimate of drug-likeness (QED) is 0.411. The summed E-state index contributed by atoms with van der Waals surface area (Å²) in [6.45, 7) is 3.65. The normalized spacial score (nSPS) is 10.7. The van der Waals surface area contributed by atoms with Crippen LogP contribution in [0.4, 0.5) is 0 Å². The lowest BCUT2D eigenvalue weighted by molar-refractivity contribution is 0.409. The predicted octanol–water partition coefficient (Wildman–Crippen LogP) is 3.53. The summed E-state index contributed by atoms with van der Waals surface area (Å²) in [5.74, 6) is 1.73. The van der Waals surface area contributed by atoms with E-state index in [0.717, 1.165) is 31.2 Å². The number of hydrogen-bond donors (Lipinski definition) is 2. The van der Waals surface area contributed by atoms with Crippen LogP contribution in [0, 0.1) is 6.92 Å². The van der Waals surface area contributed by atoms with Crippen LogP contribution < -0.4 is 15.4 Å². The second-order valence-electron chi connectivity index (χ2n) is 5.40. The molecule has 2 N–H and O–H groups in total. The molecule has 24 heavy (non-hydrogen) atoms. The Balaban J connectivity index is 0.00000288. The van der Waals surface area contributed by atoms with Gasteiger partial charge in [0.25, 0.3) is 0 Å². The van der Waals surface area contributed by atoms with E-state index in [0.29, 0.717) is 0 Å². The standard InChI is InChI=1S/C19H25N3O.HI/c1-15-8-10-16(11-9-15)14-22-19(20-2)21-13-12-17-6-4-5-7-18(17)23-3;/h4-11H,12-14H2,1-3H3,(H2,20,21,22);1H. The van der Waals surface area contributed by atoms with Crippen molar-refractivity contribution in [3.05, 3.63) is 65.2 Å². The van der Waals surface area contributed by atoms with E-state index in [9.17, 15) is 0 Å². The van der Waals surface area contributed by atoms with Crippen LogP contribution in [0.1, 0.15) is 16.7 Å². The van der Waals surface area contributed by atoms with Gasteiger partial charge in [-0.2, -0.15) is 0 Å². The lowest BCUT2D eigenvalue weighted by Gasteiger charge is -2.13. The van der Waals surface area contributed by atoms with Crippen LogP contribution in [-0.4, -0.2) is 26.7 Å². The van der Waals surface area contributed by atoms with E-state index >= 15 is 0 Å². The number of rotatable bonds is 6. The number of halogens is 1. The third kappa shape index (κ3) is 6.39. The minimum absolute atomic E-state index is 0. The Kier molecular flexibility index (Phi) is 9.22. The molecule has 0 aliphatic carbocycles. The summed E-state index contributed by atoms with van der Waals surface area (Å²) in [5.41, 5.74) is 3.70. The average molecular weight is 439 g/mol. The third-order valence-corrected chi connectivity index (χ3v) is 3.68. The Morgan fingerprint density at radius 3 is 2.42 bits per heavy atom. The third-order valence-electron chi connectivity index (χ3n) is 3.68. The van der Waals surface area contributed by atoms with Crippen LogP contribution in [0.25, 0.3) is 0 Å². The predicted molar refractivity (Wildman–Crippen MR) is 111 cm³/mol. The molecule has 0 aromatic heterocycles. The number of para-hydroxylation sites is 1. The molecule has 4 nitrogen and oxygen atoms in total. The molecule has 0 aliphatic rings. The maximum absolute atomic E-state index is 5.37. The first-order chi connectivity index (χ1) is 11.2. The molecule has 0 fully saturated rings. The van der Waals surface area contributed by atoms with Gasteiger partial charge in [-0.15, -0.1) is 24.0 Å². The Hall–Kier alpha value is -1.76. The Bertz CT molecular complexity index is 641. The summed E-state index contributed by atoms with van der Waals surface area (Å²) in [7, 11) is 3.49. The second kappa shape index (κ2) is 10.9. The van der Waals surface area contributed by atoms with Crippen molar-refractivity contribution in [1.82, 2.24) is 10.6 Å². The van der Waals surface area contributed by atoms with Crippen molar-refractivity contribution < 1.29 is 4.74 Å². The van der Waals surface area contributed by atoms with E-state index in [4.69, 9.17) is 4.74 Å². The van der Waals surface area contributed by atoms with Crippen LogP contribution >= 0.6 is 24.0 Å². The summed E-state index contributed by atoms with van der Waals surface area (Å²) in [6, 6.07) is 16.6. The van der Waals surface area contributed by atoms with Crippen LogP contribution in [-0.2, 0) is 13.0 Å². The zero-order chi connectivity index (χ0) is 16.5. The maximum atomic E-state index is 5.37. The summed E-state index contributed by atoms with van der Waals surface area (Å²) >= 11 is 0. The Labute approximate surface area is 161 Å². The van der Waals surface area contributed by atoms with E-state index in [1.54, 1.807) is 14.2 Å². The molecule has 2 aromatic rings. The topological polar surface area (TPSA) is 45.7 Å². The zero-order valence-corrected chi connectivity index (χ0v) is 16.8. The first kappa shape index (κ1) is 20.3. The van der Waals surface area contributed by atoms with E-state index in [1.807, 2.05) is 18.2 Å². The molecule has 0 bridgehead atoms. The van der Waals surface area contributed by atoms with Crippen molar-refractivity contribution >= 4 is 29.9 Å². The molecule has 0 amide bonds. The fraction of sp³-hybridized carbons (Fsp3) is 0.316. The van der Waals surface area contributed by atoms with Crippen molar-refractivity contribution in [2.45, 2.75) is 19.9 Å². The smallest absolute Gasteiger partial charge is 0.191 e. The van der Waals surface area contributed by atoms with Crippen LogP contribution in [0.2, 0.25) is 0 Å². The first-order valence-corrected chi connectivity index (χ1v) is 7.85. The van der Waals surface area contributed by atoms with Crippen molar-refractivity contribution in [3.8, 4) is 5.75 Å². The molecule has 2 rings (SSSR count). The molecule has 5 heteroatoms. The molecule has 0 heterocycles. The van der Waals surface area contributed by atoms with Crippen LogP contribution in [0.3, 0.4) is 0 Å². The minimum atomic E-state index is 0. The number of nitrogens with one attached hydrogen (secondary N) is 2. The summed E-state index contributed by atoms with van der Waals surface area (Å²) in [6.07, 6.45) is 0.884. The van der Waals surface area contributed by atoms with Crippen molar-refractivity contribution in [2.75, 3.05) is 20.7 Å². The largest absolute Gasteiger partial charge is 0.496 e. The molecule has 0 radical (unpaired) electrons. The number of aryl methyl sites for hydroxylation is 1. The molecule has 0 atom stereocenters. The lowest BCUT2D eigenvalue weighted by atomic mass is 10.1. The van der Waals surface area contributed by atoms with E-state index < -0.39 is 0 Å². The van der Waals surface area contributed by atoms with E-state index in [-0.39, 0.29) is 24.0 Å². The number of benzene rings is 2. The van der Waals surface area contributed by atoms with Crippen LogP contribution in [0.5, 0.6) is 5.75 Å². The van der Waals surface area contributed by atoms with E-state index in [2.05, 4.69) is 52.9 Å². The highest BCUT2D eigenvalue weighted by atomic mass is 127. The molecular weight excluding hydrogens is 413 g/mol. The van der Waals surface area contributed by atoms with Gasteiger partial charge in [-0.25, -0.2) is 0 Å². The van der Waals surface area contributed by atoms with Gasteiger partial charge < -0.3 is 15.4 Å². The molecular formula is C19H26IN3O. The number of nitrogens with zero attached hydrogens (tertiary/aromatic N) is 1. The molecule has 2 aromatic carbocycles. The van der Waals surface area contributed by atoms with E-state index in [1.165, 1.54) is 16.7 Å². The van der Waals surface area contributed by atoms with Crippen molar-refractivity contribution in [1.29, 1.82) is 0 Å². The number of ether oxygens (including phenoxy) is 1. The molecule has 130 valence electrons. The average Bonchev–Trinajstić information content (AvgIpc) is 2.59.